The van der Waals surface area contributed by atoms with Gasteiger partial charge in [0.1, 0.15) is 0 Å². The van der Waals surface area contributed by atoms with E-state index in [0.717, 1.165) is 70.6 Å². The number of hydrogen-bond acceptors (Lipinski definition) is 3. The first-order valence-electron chi connectivity index (χ1n) is 13.6. The molecule has 2 N–H and O–H groups in total. The summed E-state index contributed by atoms with van der Waals surface area (Å²) in [6, 6.07) is 0. The molecule has 0 amide bonds. The van der Waals surface area contributed by atoms with E-state index in [0.29, 0.717) is 0 Å². The van der Waals surface area contributed by atoms with Crippen molar-refractivity contribution < 1.29 is 19.4 Å². The van der Waals surface area contributed by atoms with Gasteiger partial charge in [0.25, 0.3) is 0 Å². The summed E-state index contributed by atoms with van der Waals surface area (Å²) in [5.41, 5.74) is 0.590. The van der Waals surface area contributed by atoms with Crippen molar-refractivity contribution in [3.8, 4) is 0 Å². The lowest BCUT2D eigenvalue weighted by atomic mass is 9.66. The zero-order chi connectivity index (χ0) is 24.9. The van der Waals surface area contributed by atoms with Crippen LogP contribution in [0.5, 0.6) is 0 Å². The van der Waals surface area contributed by atoms with Crippen molar-refractivity contribution >= 4 is 14.3 Å². The largest absolute Gasteiger partial charge is 0.481 e. The van der Waals surface area contributed by atoms with E-state index in [1.165, 1.54) is 12.0 Å². The summed E-state index contributed by atoms with van der Waals surface area (Å²) >= 11 is 0. The van der Waals surface area contributed by atoms with Gasteiger partial charge in [-0.3, -0.25) is 4.79 Å². The summed E-state index contributed by atoms with van der Waals surface area (Å²) < 4.78 is 6.93. The lowest BCUT2D eigenvalue weighted by molar-refractivity contribution is -0.161. The van der Waals surface area contributed by atoms with E-state index >= 15 is 0 Å². The van der Waals surface area contributed by atoms with Crippen LogP contribution in [0.4, 0.5) is 0 Å². The Morgan fingerprint density at radius 3 is 2.33 bits per heavy atom. The number of aliphatic carboxylic acids is 1. The average molecular weight is 481 g/mol. The van der Waals surface area contributed by atoms with Crippen molar-refractivity contribution in [2.45, 2.75) is 142 Å². The van der Waals surface area contributed by atoms with Crippen LogP contribution < -0.4 is 0 Å². The molecule has 4 nitrogen and oxygen atoms in total. The van der Waals surface area contributed by atoms with Gasteiger partial charge in [-0.05, 0) is 69.5 Å². The van der Waals surface area contributed by atoms with Crippen LogP contribution in [0.25, 0.3) is 0 Å². The molecule has 1 fully saturated rings. The molecule has 0 aromatic carbocycles. The smallest absolute Gasteiger partial charge is 0.312 e. The summed E-state index contributed by atoms with van der Waals surface area (Å²) in [4.78, 5) is 12.8. The predicted octanol–water partition coefficient (Wildman–Crippen LogP) is 7.72. The van der Waals surface area contributed by atoms with Crippen LogP contribution >= 0.6 is 0 Å². The minimum absolute atomic E-state index is 0.0467. The van der Waals surface area contributed by atoms with E-state index in [-0.39, 0.29) is 29.1 Å². The second-order valence-corrected chi connectivity index (χ2v) is 17.3. The van der Waals surface area contributed by atoms with Crippen LogP contribution in [0.2, 0.25) is 18.1 Å². The zero-order valence-corrected chi connectivity index (χ0v) is 23.6. The maximum atomic E-state index is 12.8. The van der Waals surface area contributed by atoms with Crippen LogP contribution in [0, 0.1) is 17.3 Å². The summed E-state index contributed by atoms with van der Waals surface area (Å²) in [7, 11) is -2.12. The first-order valence-corrected chi connectivity index (χ1v) is 16.5. The molecule has 0 radical (unpaired) electrons. The highest BCUT2D eigenvalue weighted by molar-refractivity contribution is 6.74. The van der Waals surface area contributed by atoms with Crippen molar-refractivity contribution in [3.05, 3.63) is 11.6 Å². The zero-order valence-electron chi connectivity index (χ0n) is 22.6. The molecular formula is C28H52O4Si. The summed E-state index contributed by atoms with van der Waals surface area (Å²) in [6.45, 7) is 15.4. The topological polar surface area (TPSA) is 66.8 Å². The molecule has 2 unspecified atom stereocenters. The van der Waals surface area contributed by atoms with Gasteiger partial charge < -0.3 is 14.6 Å². The van der Waals surface area contributed by atoms with Gasteiger partial charge in [0, 0.05) is 5.92 Å². The van der Waals surface area contributed by atoms with Crippen molar-refractivity contribution in [2.75, 3.05) is 0 Å². The number of carboxylic acids is 1. The van der Waals surface area contributed by atoms with Gasteiger partial charge in [-0.2, -0.15) is 0 Å². The fourth-order valence-corrected chi connectivity index (χ4v) is 7.20. The molecule has 0 aromatic heterocycles. The highest BCUT2D eigenvalue weighted by Gasteiger charge is 2.51. The maximum absolute atomic E-state index is 12.8. The third-order valence-electron chi connectivity index (χ3n) is 9.16. The lowest BCUT2D eigenvalue weighted by Crippen LogP contribution is -2.54. The number of aliphatic hydroxyl groups is 1. The fraction of sp³-hybridized carbons (Fsp3) is 0.893. The van der Waals surface area contributed by atoms with Gasteiger partial charge in [0.2, 0.25) is 0 Å². The minimum atomic E-state index is -2.12. The molecule has 2 rings (SSSR count). The maximum Gasteiger partial charge on any atom is 0.312 e. The Morgan fingerprint density at radius 2 is 1.79 bits per heavy atom. The van der Waals surface area contributed by atoms with Crippen molar-refractivity contribution in [3.63, 3.8) is 0 Å². The van der Waals surface area contributed by atoms with Gasteiger partial charge >= 0.3 is 5.97 Å². The number of rotatable bonds is 12. The normalized spacial score (nSPS) is 25.5. The molecule has 0 saturated heterocycles. The Hall–Kier alpha value is -0.653. The van der Waals surface area contributed by atoms with Gasteiger partial charge in [0.15, 0.2) is 8.32 Å². The molecule has 0 bridgehead atoms. The molecule has 0 heterocycles. The van der Waals surface area contributed by atoms with Crippen LogP contribution in [-0.4, -0.2) is 36.7 Å². The summed E-state index contributed by atoms with van der Waals surface area (Å²) in [5, 5.41) is 21.0. The monoisotopic (exact) mass is 480 g/mol. The third-order valence-corrected chi connectivity index (χ3v) is 13.6. The van der Waals surface area contributed by atoms with Crippen LogP contribution in [0.1, 0.15) is 112 Å². The van der Waals surface area contributed by atoms with E-state index in [1.807, 2.05) is 6.92 Å². The van der Waals surface area contributed by atoms with E-state index in [1.54, 1.807) is 0 Å². The second kappa shape index (κ2) is 11.9. The van der Waals surface area contributed by atoms with E-state index in [9.17, 15) is 15.0 Å². The van der Waals surface area contributed by atoms with Gasteiger partial charge in [-0.15, -0.1) is 0 Å². The Morgan fingerprint density at radius 1 is 1.15 bits per heavy atom. The first kappa shape index (κ1) is 28.6. The molecule has 0 aliphatic heterocycles. The van der Waals surface area contributed by atoms with E-state index in [2.05, 4.69) is 46.9 Å². The average Bonchev–Trinajstić information content (AvgIpc) is 3.08. The SMILES string of the molecule is CCCC1=CC[C@H](O)[C@@H]1CCCCC(O[Si](C)(C)C(C)(C)C)C(C)(C(=O)O)C1CCCCC1. The molecule has 0 aromatic rings. The Labute approximate surface area is 204 Å². The van der Waals surface area contributed by atoms with Crippen molar-refractivity contribution in [1.29, 1.82) is 0 Å². The van der Waals surface area contributed by atoms with Crippen molar-refractivity contribution in [1.82, 2.24) is 0 Å². The molecule has 1 saturated carbocycles. The van der Waals surface area contributed by atoms with E-state index in [4.69, 9.17) is 4.43 Å². The molecule has 5 heteroatoms. The molecule has 192 valence electrons. The Bertz CT molecular complexity index is 659. The number of carboxylic acid groups (broad SMARTS) is 1. The highest BCUT2D eigenvalue weighted by Crippen LogP contribution is 2.47. The first-order chi connectivity index (χ1) is 15.3. The number of hydrogen-bond donors (Lipinski definition) is 2. The van der Waals surface area contributed by atoms with Gasteiger partial charge in [-0.1, -0.05) is 77.9 Å². The Balaban J connectivity index is 2.15. The molecule has 2 aliphatic carbocycles. The molecule has 0 spiro atoms. The van der Waals surface area contributed by atoms with Crippen LogP contribution in [0.3, 0.4) is 0 Å². The second-order valence-electron chi connectivity index (χ2n) is 12.5. The van der Waals surface area contributed by atoms with Crippen LogP contribution in [-0.2, 0) is 9.22 Å². The quantitative estimate of drug-likeness (QED) is 0.170. The summed E-state index contributed by atoms with van der Waals surface area (Å²) in [6.07, 6.45) is 14.0. The third kappa shape index (κ3) is 6.95. The fourth-order valence-electron chi connectivity index (χ4n) is 5.77. The number of unbranched alkanes of at least 4 members (excludes halogenated alkanes) is 1. The Kier molecular flexibility index (Phi) is 10.3. The molecule has 4 atom stereocenters. The minimum Gasteiger partial charge on any atom is -0.481 e. The number of carbonyl (C=O) groups is 1. The van der Waals surface area contributed by atoms with Gasteiger partial charge in [0.05, 0.1) is 17.6 Å². The standard InChI is InChI=1S/C28H52O4Si/c1-8-14-21-19-20-24(29)23(21)17-12-13-18-25(32-33(6,7)27(2,3)4)28(5,26(30)31)22-15-10-9-11-16-22/h19,22-25,29H,8-18,20H2,1-7H3,(H,30,31)/t23-,24+,25?,28?/m1/s1. The lowest BCUT2D eigenvalue weighted by Gasteiger charge is -2.47. The predicted molar refractivity (Wildman–Crippen MR) is 140 cm³/mol. The van der Waals surface area contributed by atoms with E-state index < -0.39 is 19.7 Å². The van der Waals surface area contributed by atoms with Gasteiger partial charge in [-0.25, -0.2) is 0 Å². The van der Waals surface area contributed by atoms with Crippen LogP contribution in [0.15, 0.2) is 11.6 Å². The molecular weight excluding hydrogens is 428 g/mol. The summed E-state index contributed by atoms with van der Waals surface area (Å²) in [5.74, 6) is -0.208. The molecule has 33 heavy (non-hydrogen) atoms. The highest BCUT2D eigenvalue weighted by atomic mass is 28.4. The van der Waals surface area contributed by atoms with Crippen molar-refractivity contribution in [2.24, 2.45) is 17.3 Å². The number of aliphatic hydroxyl groups excluding tert-OH is 1. The molecule has 2 aliphatic rings.